The molecule has 2 aromatic carbocycles. The molecule has 1 atom stereocenters. The van der Waals surface area contributed by atoms with Gasteiger partial charge in [0, 0.05) is 17.2 Å². The molecule has 36 heavy (non-hydrogen) atoms. The Bertz CT molecular complexity index is 1140. The number of rotatable bonds is 14. The number of hydrogen-bond acceptors (Lipinski definition) is 7. The van der Waals surface area contributed by atoms with Crippen molar-refractivity contribution in [1.29, 1.82) is 0 Å². The number of carbonyl (C=O) groups excluding carboxylic acids is 1. The van der Waals surface area contributed by atoms with Gasteiger partial charge in [-0.05, 0) is 64.2 Å². The van der Waals surface area contributed by atoms with Crippen LogP contribution in [0.5, 0.6) is 17.2 Å². The summed E-state index contributed by atoms with van der Waals surface area (Å²) in [6.07, 6.45) is 6.36. The predicted molar refractivity (Wildman–Crippen MR) is 141 cm³/mol. The van der Waals surface area contributed by atoms with Crippen molar-refractivity contribution in [3.05, 3.63) is 59.2 Å². The molecule has 0 saturated heterocycles. The van der Waals surface area contributed by atoms with Gasteiger partial charge in [-0.3, -0.25) is 0 Å². The Kier molecular flexibility index (Phi) is 11.3. The van der Waals surface area contributed by atoms with Gasteiger partial charge in [0.25, 0.3) is 0 Å². The molecule has 0 aliphatic heterocycles. The Labute approximate surface area is 215 Å². The second kappa shape index (κ2) is 13.9. The third kappa shape index (κ3) is 8.01. The monoisotopic (exact) mass is 518 g/mol. The van der Waals surface area contributed by atoms with E-state index in [0.29, 0.717) is 43.1 Å². The fourth-order valence-corrected chi connectivity index (χ4v) is 4.61. The number of esters is 1. The van der Waals surface area contributed by atoms with E-state index >= 15 is 0 Å². The smallest absolute Gasteiger partial charge is 0.339 e. The predicted octanol–water partition coefficient (Wildman–Crippen LogP) is 6.26. The molecule has 0 radical (unpaired) electrons. The van der Waals surface area contributed by atoms with Gasteiger partial charge < -0.3 is 18.4 Å². The quantitative estimate of drug-likeness (QED) is 0.126. The van der Waals surface area contributed by atoms with E-state index in [1.165, 1.54) is 25.3 Å². The average molecular weight is 519 g/mol. The van der Waals surface area contributed by atoms with Crippen LogP contribution >= 0.6 is 0 Å². The highest BCUT2D eigenvalue weighted by molar-refractivity contribution is 7.87. The largest absolute Gasteiger partial charge is 0.492 e. The molecule has 8 heteroatoms. The van der Waals surface area contributed by atoms with E-state index < -0.39 is 10.1 Å². The van der Waals surface area contributed by atoms with Crippen LogP contribution in [0.4, 0.5) is 0 Å². The van der Waals surface area contributed by atoms with E-state index in [2.05, 4.69) is 6.92 Å². The Balaban J connectivity index is 2.43. The first-order chi connectivity index (χ1) is 17.1. The van der Waals surface area contributed by atoms with Crippen molar-refractivity contribution in [2.45, 2.75) is 71.1 Å². The van der Waals surface area contributed by atoms with Crippen LogP contribution in [0.15, 0.2) is 47.4 Å². The number of unbranched alkanes of at least 4 members (excludes halogenated alkanes) is 1. The molecule has 7 nitrogen and oxygen atoms in total. The van der Waals surface area contributed by atoms with Crippen molar-refractivity contribution in [3.63, 3.8) is 0 Å². The average Bonchev–Trinajstić information content (AvgIpc) is 2.84. The minimum atomic E-state index is -4.05. The lowest BCUT2D eigenvalue weighted by Gasteiger charge is -2.23. The molecule has 0 bridgehead atoms. The first kappa shape index (κ1) is 29.2. The first-order valence-corrected chi connectivity index (χ1v) is 13.7. The summed E-state index contributed by atoms with van der Waals surface area (Å²) in [5, 5.41) is 0. The molecule has 198 valence electrons. The van der Waals surface area contributed by atoms with Gasteiger partial charge in [-0.2, -0.15) is 8.42 Å². The van der Waals surface area contributed by atoms with Crippen molar-refractivity contribution in [2.75, 3.05) is 20.3 Å². The van der Waals surface area contributed by atoms with E-state index in [0.717, 1.165) is 24.0 Å². The van der Waals surface area contributed by atoms with Crippen LogP contribution < -0.4 is 13.7 Å². The van der Waals surface area contributed by atoms with Crippen LogP contribution in [-0.2, 0) is 19.6 Å². The molecule has 2 aromatic rings. The summed E-state index contributed by atoms with van der Waals surface area (Å²) in [5.74, 6) is 0.825. The second-order valence-electron chi connectivity index (χ2n) is 8.64. The van der Waals surface area contributed by atoms with Crippen molar-refractivity contribution in [3.8, 4) is 17.2 Å². The van der Waals surface area contributed by atoms with Crippen LogP contribution in [-0.4, -0.2) is 34.7 Å². The number of methoxy groups -OCH3 is 1. The number of benzene rings is 2. The number of hydrogen-bond donors (Lipinski definition) is 0. The third-order valence-corrected chi connectivity index (χ3v) is 7.01. The summed E-state index contributed by atoms with van der Waals surface area (Å²) in [7, 11) is -2.52. The lowest BCUT2D eigenvalue weighted by Crippen LogP contribution is -2.13. The summed E-state index contributed by atoms with van der Waals surface area (Å²) in [6.45, 7) is 10.3. The zero-order chi connectivity index (χ0) is 26.7. The molecular formula is C28H38O7S. The van der Waals surface area contributed by atoms with Gasteiger partial charge in [-0.1, -0.05) is 44.0 Å². The van der Waals surface area contributed by atoms with Crippen molar-refractivity contribution in [2.24, 2.45) is 0 Å². The van der Waals surface area contributed by atoms with Crippen molar-refractivity contribution < 1.29 is 31.6 Å². The summed E-state index contributed by atoms with van der Waals surface area (Å²) in [6, 6.07) is 8.24. The van der Waals surface area contributed by atoms with E-state index in [-0.39, 0.29) is 22.5 Å². The standard InChI is InChI=1S/C28H38O7S/c1-7-9-18-34-28-24(21(4)12-10-11-13-26(29)33-8-2)19-25(22(5)27(28)32-6)35-36(30,31)23-16-14-20(3)15-17-23/h11,13-17,19,21H,7-10,12,18H2,1-6H3/b13-11-. The number of aryl methyl sites for hydroxylation is 1. The summed E-state index contributed by atoms with van der Waals surface area (Å²) in [4.78, 5) is 11.7. The molecule has 0 amide bonds. The van der Waals surface area contributed by atoms with Crippen LogP contribution in [0.2, 0.25) is 0 Å². The molecule has 0 aliphatic carbocycles. The van der Waals surface area contributed by atoms with E-state index in [1.807, 2.05) is 13.8 Å². The zero-order valence-electron chi connectivity index (χ0n) is 22.1. The summed E-state index contributed by atoms with van der Waals surface area (Å²) in [5.41, 5.74) is 2.28. The van der Waals surface area contributed by atoms with E-state index in [4.69, 9.17) is 18.4 Å². The van der Waals surface area contributed by atoms with Crippen LogP contribution in [0.3, 0.4) is 0 Å². The molecule has 0 saturated carbocycles. The van der Waals surface area contributed by atoms with Crippen molar-refractivity contribution >= 4 is 16.1 Å². The Morgan fingerprint density at radius 2 is 1.78 bits per heavy atom. The van der Waals surface area contributed by atoms with Gasteiger partial charge >= 0.3 is 16.1 Å². The van der Waals surface area contributed by atoms with E-state index in [1.54, 1.807) is 38.1 Å². The molecule has 0 aliphatic rings. The molecule has 0 fully saturated rings. The van der Waals surface area contributed by atoms with Gasteiger partial charge in [0.05, 0.1) is 20.3 Å². The maximum Gasteiger partial charge on any atom is 0.339 e. The number of carbonyl (C=O) groups is 1. The third-order valence-electron chi connectivity index (χ3n) is 5.76. The SMILES string of the molecule is CCCCOc1c(C(C)CC/C=C\C(=O)OCC)cc(OS(=O)(=O)c2ccc(C)cc2)c(C)c1OC. The highest BCUT2D eigenvalue weighted by Gasteiger charge is 2.25. The fourth-order valence-electron chi connectivity index (χ4n) is 3.64. The lowest BCUT2D eigenvalue weighted by atomic mass is 9.93. The van der Waals surface area contributed by atoms with Gasteiger partial charge in [0.15, 0.2) is 11.5 Å². The minimum Gasteiger partial charge on any atom is -0.492 e. The molecule has 0 aromatic heterocycles. The molecule has 1 unspecified atom stereocenters. The summed E-state index contributed by atoms with van der Waals surface area (Å²) < 4.78 is 48.4. The van der Waals surface area contributed by atoms with Crippen LogP contribution in [0.25, 0.3) is 0 Å². The molecule has 0 spiro atoms. The number of ether oxygens (including phenoxy) is 3. The number of allylic oxidation sites excluding steroid dienone is 1. The Hall–Kier alpha value is -3.00. The van der Waals surface area contributed by atoms with E-state index in [9.17, 15) is 13.2 Å². The maximum atomic E-state index is 13.0. The molecular weight excluding hydrogens is 480 g/mol. The maximum absolute atomic E-state index is 13.0. The minimum absolute atomic E-state index is 0.0348. The van der Waals surface area contributed by atoms with Gasteiger partial charge in [-0.15, -0.1) is 0 Å². The van der Waals surface area contributed by atoms with Gasteiger partial charge in [0.2, 0.25) is 0 Å². The molecule has 0 heterocycles. The highest BCUT2D eigenvalue weighted by Crippen LogP contribution is 2.45. The van der Waals surface area contributed by atoms with Gasteiger partial charge in [-0.25, -0.2) is 4.79 Å². The summed E-state index contributed by atoms with van der Waals surface area (Å²) >= 11 is 0. The van der Waals surface area contributed by atoms with Gasteiger partial charge in [0.1, 0.15) is 10.6 Å². The lowest BCUT2D eigenvalue weighted by molar-refractivity contribution is -0.137. The molecule has 2 rings (SSSR count). The Morgan fingerprint density at radius 3 is 2.39 bits per heavy atom. The van der Waals surface area contributed by atoms with Crippen LogP contribution in [0.1, 0.15) is 69.1 Å². The molecule has 0 N–H and O–H groups in total. The fraction of sp³-hybridized carbons (Fsp3) is 0.464. The Morgan fingerprint density at radius 1 is 1.08 bits per heavy atom. The zero-order valence-corrected chi connectivity index (χ0v) is 22.9. The first-order valence-electron chi connectivity index (χ1n) is 12.3. The second-order valence-corrected chi connectivity index (χ2v) is 10.2. The van der Waals surface area contributed by atoms with Crippen LogP contribution in [0, 0.1) is 13.8 Å². The highest BCUT2D eigenvalue weighted by atomic mass is 32.2. The topological polar surface area (TPSA) is 88.1 Å². The normalized spacial score (nSPS) is 12.4. The van der Waals surface area contributed by atoms with Crippen molar-refractivity contribution in [1.82, 2.24) is 0 Å².